The molecular formula is C26H42O7S. The first-order valence-electron chi connectivity index (χ1n) is 12.2. The summed E-state index contributed by atoms with van der Waals surface area (Å²) in [4.78, 5) is 25.5. The van der Waals surface area contributed by atoms with E-state index in [4.69, 9.17) is 9.47 Å². The van der Waals surface area contributed by atoms with Crippen LogP contribution in [0.15, 0.2) is 23.1 Å². The van der Waals surface area contributed by atoms with Gasteiger partial charge in [-0.1, -0.05) is 46.0 Å². The predicted octanol–water partition coefficient (Wildman–Crippen LogP) is 6.44. The molecule has 0 saturated carbocycles. The van der Waals surface area contributed by atoms with Gasteiger partial charge in [-0.25, -0.2) is 9.59 Å². The molecule has 0 radical (unpaired) electrons. The van der Waals surface area contributed by atoms with Crippen LogP contribution in [0, 0.1) is 0 Å². The summed E-state index contributed by atoms with van der Waals surface area (Å²) >= 11 is 0. The quantitative estimate of drug-likeness (QED) is 0.156. The van der Waals surface area contributed by atoms with Gasteiger partial charge in [0.15, 0.2) is 0 Å². The fourth-order valence-electron chi connectivity index (χ4n) is 3.58. The van der Waals surface area contributed by atoms with Crippen molar-refractivity contribution in [2.75, 3.05) is 7.11 Å². The van der Waals surface area contributed by atoms with E-state index in [2.05, 4.69) is 18.0 Å². The van der Waals surface area contributed by atoms with E-state index in [9.17, 15) is 18.0 Å². The molecule has 8 heteroatoms. The molecule has 1 rings (SSSR count). The molecule has 0 aliphatic heterocycles. The van der Waals surface area contributed by atoms with Crippen LogP contribution in [0.2, 0.25) is 0 Å². The van der Waals surface area contributed by atoms with Crippen LogP contribution in [0.5, 0.6) is 0 Å². The summed E-state index contributed by atoms with van der Waals surface area (Å²) in [6.45, 7) is 11.5. The number of carbonyl (C=O) groups excluding carboxylic acids is 2. The molecular weight excluding hydrogens is 456 g/mol. The fourth-order valence-corrected chi connectivity index (χ4v) is 4.31. The molecule has 0 bridgehead atoms. The lowest BCUT2D eigenvalue weighted by Gasteiger charge is -2.26. The van der Waals surface area contributed by atoms with Crippen molar-refractivity contribution in [1.82, 2.24) is 0 Å². The zero-order valence-corrected chi connectivity index (χ0v) is 22.7. The molecule has 0 atom stereocenters. The molecule has 0 saturated heterocycles. The van der Waals surface area contributed by atoms with Crippen LogP contribution in [0.4, 0.5) is 0 Å². The van der Waals surface area contributed by atoms with Gasteiger partial charge < -0.3 is 9.47 Å². The van der Waals surface area contributed by atoms with Crippen LogP contribution in [-0.2, 0) is 23.8 Å². The van der Waals surface area contributed by atoms with Crippen LogP contribution in [-0.4, -0.2) is 38.7 Å². The SMILES string of the molecule is CCCCCCC(C)(C)OC(=O)c1cc(C(=O)OC(C)(C)CCCCC)cc(S(=O)(=O)OC)c1. The number of hydrogen-bond acceptors (Lipinski definition) is 7. The van der Waals surface area contributed by atoms with Gasteiger partial charge in [-0.05, 0) is 71.6 Å². The van der Waals surface area contributed by atoms with E-state index in [0.717, 1.165) is 64.2 Å². The highest BCUT2D eigenvalue weighted by Crippen LogP contribution is 2.26. The smallest absolute Gasteiger partial charge is 0.338 e. The lowest BCUT2D eigenvalue weighted by atomic mass is 9.99. The first-order valence-corrected chi connectivity index (χ1v) is 13.6. The first-order chi connectivity index (χ1) is 15.8. The molecule has 7 nitrogen and oxygen atoms in total. The van der Waals surface area contributed by atoms with E-state index in [1.54, 1.807) is 0 Å². The van der Waals surface area contributed by atoms with Crippen molar-refractivity contribution in [2.45, 2.75) is 115 Å². The normalized spacial score (nSPS) is 12.4. The minimum atomic E-state index is -4.15. The van der Waals surface area contributed by atoms with Crippen molar-refractivity contribution in [1.29, 1.82) is 0 Å². The standard InChI is InChI=1S/C26H42O7S/c1-8-10-12-14-16-26(5,6)33-24(28)21-17-20(18-22(19-21)34(29,30)31-7)23(27)32-25(3,4)15-13-11-9-2/h17-19H,8-16H2,1-7H3. The average Bonchev–Trinajstić information content (AvgIpc) is 2.75. The molecule has 0 aromatic heterocycles. The van der Waals surface area contributed by atoms with Gasteiger partial charge in [-0.15, -0.1) is 0 Å². The lowest BCUT2D eigenvalue weighted by Crippen LogP contribution is -2.29. The Morgan fingerprint density at radius 1 is 0.735 bits per heavy atom. The molecule has 0 N–H and O–H groups in total. The summed E-state index contributed by atoms with van der Waals surface area (Å²) < 4.78 is 40.7. The number of rotatable bonds is 15. The number of benzene rings is 1. The van der Waals surface area contributed by atoms with Gasteiger partial charge >= 0.3 is 11.9 Å². The molecule has 0 unspecified atom stereocenters. The van der Waals surface area contributed by atoms with Crippen LogP contribution >= 0.6 is 0 Å². The maximum atomic E-state index is 12.9. The number of hydrogen-bond donors (Lipinski definition) is 0. The van der Waals surface area contributed by atoms with Crippen LogP contribution in [0.25, 0.3) is 0 Å². The van der Waals surface area contributed by atoms with E-state index in [1.807, 2.05) is 27.7 Å². The Morgan fingerprint density at radius 3 is 1.56 bits per heavy atom. The maximum Gasteiger partial charge on any atom is 0.338 e. The molecule has 34 heavy (non-hydrogen) atoms. The summed E-state index contributed by atoms with van der Waals surface area (Å²) in [7, 11) is -3.13. The van der Waals surface area contributed by atoms with Gasteiger partial charge in [0.25, 0.3) is 10.1 Å². The third kappa shape index (κ3) is 10.1. The topological polar surface area (TPSA) is 96.0 Å². The number of esters is 2. The highest BCUT2D eigenvalue weighted by molar-refractivity contribution is 7.86. The van der Waals surface area contributed by atoms with Gasteiger partial charge in [-0.3, -0.25) is 4.18 Å². The average molecular weight is 499 g/mol. The zero-order valence-electron chi connectivity index (χ0n) is 21.9. The number of carbonyl (C=O) groups is 2. The van der Waals surface area contributed by atoms with E-state index >= 15 is 0 Å². The maximum absolute atomic E-state index is 12.9. The lowest BCUT2D eigenvalue weighted by molar-refractivity contribution is -0.00561. The molecule has 0 heterocycles. The summed E-state index contributed by atoms with van der Waals surface area (Å²) in [5.74, 6) is -1.41. The van der Waals surface area contributed by atoms with E-state index in [0.29, 0.717) is 12.8 Å². The van der Waals surface area contributed by atoms with E-state index in [-0.39, 0.29) is 16.0 Å². The fraction of sp³-hybridized carbons (Fsp3) is 0.692. The summed E-state index contributed by atoms with van der Waals surface area (Å²) in [5, 5.41) is 0. The summed E-state index contributed by atoms with van der Waals surface area (Å²) in [6, 6.07) is 3.64. The van der Waals surface area contributed by atoms with Crippen molar-refractivity contribution in [3.05, 3.63) is 29.3 Å². The van der Waals surface area contributed by atoms with Crippen molar-refractivity contribution in [2.24, 2.45) is 0 Å². The van der Waals surface area contributed by atoms with Crippen molar-refractivity contribution in [3.63, 3.8) is 0 Å². The molecule has 194 valence electrons. The van der Waals surface area contributed by atoms with Crippen molar-refractivity contribution in [3.8, 4) is 0 Å². The molecule has 1 aromatic carbocycles. The Labute approximate surface area is 205 Å². The Balaban J connectivity index is 3.18. The van der Waals surface area contributed by atoms with E-state index in [1.165, 1.54) is 6.07 Å². The largest absolute Gasteiger partial charge is 0.456 e. The molecule has 0 aliphatic carbocycles. The minimum Gasteiger partial charge on any atom is -0.456 e. The van der Waals surface area contributed by atoms with Gasteiger partial charge in [0, 0.05) is 0 Å². The molecule has 0 fully saturated rings. The van der Waals surface area contributed by atoms with Crippen molar-refractivity contribution < 1.29 is 31.7 Å². The third-order valence-corrected chi connectivity index (χ3v) is 6.89. The third-order valence-electron chi connectivity index (χ3n) is 5.64. The minimum absolute atomic E-state index is 0.0458. The van der Waals surface area contributed by atoms with Crippen LogP contribution < -0.4 is 0 Å². The monoisotopic (exact) mass is 498 g/mol. The zero-order chi connectivity index (χ0) is 26.0. The predicted molar refractivity (Wildman–Crippen MR) is 133 cm³/mol. The highest BCUT2D eigenvalue weighted by Gasteiger charge is 2.28. The summed E-state index contributed by atoms with van der Waals surface area (Å²) in [6.07, 6.45) is 8.49. The molecule has 0 aliphatic rings. The number of unbranched alkanes of at least 4 members (excludes halogenated alkanes) is 5. The Hall–Kier alpha value is -1.93. The van der Waals surface area contributed by atoms with Crippen LogP contribution in [0.1, 0.15) is 120 Å². The Kier molecular flexibility index (Phi) is 11.7. The van der Waals surface area contributed by atoms with Crippen LogP contribution in [0.3, 0.4) is 0 Å². The molecule has 0 spiro atoms. The Morgan fingerprint density at radius 2 is 1.15 bits per heavy atom. The Bertz CT molecular complexity index is 917. The first kappa shape index (κ1) is 30.1. The second-order valence-corrected chi connectivity index (χ2v) is 11.6. The second kappa shape index (κ2) is 13.2. The van der Waals surface area contributed by atoms with Crippen molar-refractivity contribution >= 4 is 22.1 Å². The van der Waals surface area contributed by atoms with E-state index < -0.39 is 33.3 Å². The summed E-state index contributed by atoms with van der Waals surface area (Å²) in [5.41, 5.74) is -1.56. The van der Waals surface area contributed by atoms with Gasteiger partial charge in [-0.2, -0.15) is 8.42 Å². The van der Waals surface area contributed by atoms with Gasteiger partial charge in [0.05, 0.1) is 23.1 Å². The highest BCUT2D eigenvalue weighted by atomic mass is 32.2. The number of ether oxygens (including phenoxy) is 2. The molecule has 1 aromatic rings. The second-order valence-electron chi connectivity index (χ2n) is 9.93. The van der Waals surface area contributed by atoms with Gasteiger partial charge in [0.2, 0.25) is 0 Å². The van der Waals surface area contributed by atoms with Gasteiger partial charge in [0.1, 0.15) is 11.2 Å². The molecule has 0 amide bonds.